The molecule has 0 saturated carbocycles. The van der Waals surface area contributed by atoms with E-state index in [0.29, 0.717) is 13.1 Å². The number of carbonyl (C=O) groups is 2. The SMILES string of the molecule is COc1ccc(CCN(CC(C)(C)C)C(=O)CNC(=O)CN)cc1.Cl. The summed E-state index contributed by atoms with van der Waals surface area (Å²) < 4.78 is 5.15. The highest BCUT2D eigenvalue weighted by atomic mass is 35.5. The Labute approximate surface area is 156 Å². The minimum atomic E-state index is -0.325. The summed E-state index contributed by atoms with van der Waals surface area (Å²) in [6.45, 7) is 7.34. The Kier molecular flexibility index (Phi) is 10.2. The zero-order valence-corrected chi connectivity index (χ0v) is 16.3. The summed E-state index contributed by atoms with van der Waals surface area (Å²) in [5.41, 5.74) is 6.36. The van der Waals surface area contributed by atoms with Crippen LogP contribution >= 0.6 is 12.4 Å². The molecular formula is C18H30ClN3O3. The number of hydrogen-bond acceptors (Lipinski definition) is 4. The van der Waals surface area contributed by atoms with Gasteiger partial charge in [-0.3, -0.25) is 9.59 Å². The van der Waals surface area contributed by atoms with Gasteiger partial charge in [0.25, 0.3) is 0 Å². The van der Waals surface area contributed by atoms with Gasteiger partial charge in [-0.25, -0.2) is 0 Å². The largest absolute Gasteiger partial charge is 0.497 e. The highest BCUT2D eigenvalue weighted by Gasteiger charge is 2.21. The molecule has 0 radical (unpaired) electrons. The Hall–Kier alpha value is -1.79. The number of nitrogens with one attached hydrogen (secondary N) is 1. The van der Waals surface area contributed by atoms with Gasteiger partial charge in [-0.2, -0.15) is 0 Å². The first-order chi connectivity index (χ1) is 11.2. The van der Waals surface area contributed by atoms with E-state index in [1.807, 2.05) is 24.3 Å². The third kappa shape index (κ3) is 9.31. The molecule has 0 aliphatic heterocycles. The first kappa shape index (κ1) is 23.2. The van der Waals surface area contributed by atoms with E-state index in [4.69, 9.17) is 10.5 Å². The van der Waals surface area contributed by atoms with Crippen LogP contribution in [0.3, 0.4) is 0 Å². The number of nitrogens with zero attached hydrogens (tertiary/aromatic N) is 1. The maximum Gasteiger partial charge on any atom is 0.241 e. The van der Waals surface area contributed by atoms with Gasteiger partial charge < -0.3 is 20.7 Å². The molecule has 2 amide bonds. The lowest BCUT2D eigenvalue weighted by Gasteiger charge is -2.30. The number of hydrogen-bond donors (Lipinski definition) is 2. The van der Waals surface area contributed by atoms with Crippen molar-refractivity contribution in [3.63, 3.8) is 0 Å². The van der Waals surface area contributed by atoms with E-state index < -0.39 is 0 Å². The fourth-order valence-electron chi connectivity index (χ4n) is 2.28. The van der Waals surface area contributed by atoms with Crippen molar-refractivity contribution < 1.29 is 14.3 Å². The van der Waals surface area contributed by atoms with Gasteiger partial charge in [-0.15, -0.1) is 12.4 Å². The second kappa shape index (κ2) is 10.9. The average Bonchev–Trinajstić information content (AvgIpc) is 2.55. The third-order valence-corrected chi connectivity index (χ3v) is 3.47. The van der Waals surface area contributed by atoms with Crippen LogP contribution in [-0.2, 0) is 16.0 Å². The van der Waals surface area contributed by atoms with Gasteiger partial charge in [0.05, 0.1) is 20.2 Å². The van der Waals surface area contributed by atoms with Gasteiger partial charge in [-0.1, -0.05) is 32.9 Å². The van der Waals surface area contributed by atoms with E-state index in [1.54, 1.807) is 12.0 Å². The molecule has 0 saturated heterocycles. The van der Waals surface area contributed by atoms with Crippen molar-refractivity contribution in [2.45, 2.75) is 27.2 Å². The molecule has 1 aromatic carbocycles. The lowest BCUT2D eigenvalue weighted by molar-refractivity contribution is -0.133. The number of ether oxygens (including phenoxy) is 1. The normalized spacial score (nSPS) is 10.6. The highest BCUT2D eigenvalue weighted by molar-refractivity contribution is 5.85. The van der Waals surface area contributed by atoms with Crippen LogP contribution in [0, 0.1) is 5.41 Å². The summed E-state index contributed by atoms with van der Waals surface area (Å²) in [5, 5.41) is 2.54. The van der Waals surface area contributed by atoms with Crippen LogP contribution in [0.2, 0.25) is 0 Å². The molecular weight excluding hydrogens is 342 g/mol. The predicted molar refractivity (Wildman–Crippen MR) is 102 cm³/mol. The maximum absolute atomic E-state index is 12.4. The zero-order valence-electron chi connectivity index (χ0n) is 15.5. The van der Waals surface area contributed by atoms with Gasteiger partial charge in [-0.05, 0) is 29.5 Å². The third-order valence-electron chi connectivity index (χ3n) is 3.47. The lowest BCUT2D eigenvalue weighted by Crippen LogP contribution is -2.45. The molecule has 0 heterocycles. The molecule has 7 heteroatoms. The van der Waals surface area contributed by atoms with Crippen molar-refractivity contribution in [3.8, 4) is 5.75 Å². The van der Waals surface area contributed by atoms with Gasteiger partial charge >= 0.3 is 0 Å². The van der Waals surface area contributed by atoms with Crippen LogP contribution in [-0.4, -0.2) is 50.0 Å². The Morgan fingerprint density at radius 1 is 1.20 bits per heavy atom. The van der Waals surface area contributed by atoms with Crippen LogP contribution < -0.4 is 15.8 Å². The smallest absolute Gasteiger partial charge is 0.241 e. The molecule has 6 nitrogen and oxygen atoms in total. The first-order valence-electron chi connectivity index (χ1n) is 8.12. The number of benzene rings is 1. The Balaban J connectivity index is 0.00000576. The van der Waals surface area contributed by atoms with E-state index in [9.17, 15) is 9.59 Å². The fourth-order valence-corrected chi connectivity index (χ4v) is 2.28. The van der Waals surface area contributed by atoms with Crippen molar-refractivity contribution in [1.29, 1.82) is 0 Å². The standard InChI is InChI=1S/C18H29N3O3.ClH/c1-18(2,3)13-21(17(23)12-20-16(22)11-19)10-9-14-5-7-15(24-4)8-6-14;/h5-8H,9-13,19H2,1-4H3,(H,20,22);1H. The second-order valence-electron chi connectivity index (χ2n) is 6.95. The van der Waals surface area contributed by atoms with Gasteiger partial charge in [0.1, 0.15) is 5.75 Å². The minimum Gasteiger partial charge on any atom is -0.497 e. The number of nitrogens with two attached hydrogens (primary N) is 1. The van der Waals surface area contributed by atoms with Crippen molar-refractivity contribution in [2.24, 2.45) is 11.1 Å². The van der Waals surface area contributed by atoms with Gasteiger partial charge in [0.2, 0.25) is 11.8 Å². The molecule has 3 N–H and O–H groups in total. The number of methoxy groups -OCH3 is 1. The molecule has 0 aliphatic rings. The van der Waals surface area contributed by atoms with Gasteiger partial charge in [0.15, 0.2) is 0 Å². The topological polar surface area (TPSA) is 84.7 Å². The molecule has 0 bridgehead atoms. The van der Waals surface area contributed by atoms with Crippen molar-refractivity contribution >= 4 is 24.2 Å². The molecule has 0 unspecified atom stereocenters. The van der Waals surface area contributed by atoms with E-state index in [1.165, 1.54) is 0 Å². The minimum absolute atomic E-state index is 0. The average molecular weight is 372 g/mol. The van der Waals surface area contributed by atoms with Crippen molar-refractivity contribution in [3.05, 3.63) is 29.8 Å². The Bertz CT molecular complexity index is 541. The summed E-state index contributed by atoms with van der Waals surface area (Å²) in [5.74, 6) is 0.389. The lowest BCUT2D eigenvalue weighted by atomic mass is 9.95. The summed E-state index contributed by atoms with van der Waals surface area (Å²) in [4.78, 5) is 25.5. The van der Waals surface area contributed by atoms with E-state index >= 15 is 0 Å². The summed E-state index contributed by atoms with van der Waals surface area (Å²) in [6, 6.07) is 7.81. The monoisotopic (exact) mass is 371 g/mol. The molecule has 0 atom stereocenters. The summed E-state index contributed by atoms with van der Waals surface area (Å²) >= 11 is 0. The molecule has 142 valence electrons. The maximum atomic E-state index is 12.4. The molecule has 0 spiro atoms. The van der Waals surface area contributed by atoms with E-state index in [-0.39, 0.29) is 42.7 Å². The zero-order chi connectivity index (χ0) is 18.2. The van der Waals surface area contributed by atoms with Crippen LogP contribution in [0.5, 0.6) is 5.75 Å². The Morgan fingerprint density at radius 2 is 1.80 bits per heavy atom. The molecule has 1 rings (SSSR count). The summed E-state index contributed by atoms with van der Waals surface area (Å²) in [7, 11) is 1.63. The Morgan fingerprint density at radius 3 is 2.28 bits per heavy atom. The molecule has 25 heavy (non-hydrogen) atoms. The fraction of sp³-hybridized carbons (Fsp3) is 0.556. The summed E-state index contributed by atoms with van der Waals surface area (Å²) in [6.07, 6.45) is 0.747. The van der Waals surface area contributed by atoms with Crippen LogP contribution in [0.15, 0.2) is 24.3 Å². The van der Waals surface area contributed by atoms with Crippen LogP contribution in [0.25, 0.3) is 0 Å². The highest BCUT2D eigenvalue weighted by Crippen LogP contribution is 2.17. The van der Waals surface area contributed by atoms with Crippen LogP contribution in [0.4, 0.5) is 0 Å². The second-order valence-corrected chi connectivity index (χ2v) is 6.95. The number of amides is 2. The van der Waals surface area contributed by atoms with E-state index in [2.05, 4.69) is 26.1 Å². The predicted octanol–water partition coefficient (Wildman–Crippen LogP) is 1.61. The molecule has 0 fully saturated rings. The first-order valence-corrected chi connectivity index (χ1v) is 8.12. The van der Waals surface area contributed by atoms with Crippen LogP contribution in [0.1, 0.15) is 26.3 Å². The molecule has 1 aromatic rings. The number of halogens is 1. The van der Waals surface area contributed by atoms with Gasteiger partial charge in [0, 0.05) is 13.1 Å². The molecule has 0 aromatic heterocycles. The number of rotatable bonds is 8. The van der Waals surface area contributed by atoms with E-state index in [0.717, 1.165) is 17.7 Å². The quantitative estimate of drug-likeness (QED) is 0.727. The van der Waals surface area contributed by atoms with Crippen molar-refractivity contribution in [1.82, 2.24) is 10.2 Å². The number of carbonyl (C=O) groups excluding carboxylic acids is 2. The van der Waals surface area contributed by atoms with Crippen molar-refractivity contribution in [2.75, 3.05) is 33.3 Å². The molecule has 0 aliphatic carbocycles.